The summed E-state index contributed by atoms with van der Waals surface area (Å²) >= 11 is 0. The summed E-state index contributed by atoms with van der Waals surface area (Å²) in [6.07, 6.45) is 0.532. The Morgan fingerprint density at radius 1 is 1.22 bits per heavy atom. The van der Waals surface area contributed by atoms with Crippen molar-refractivity contribution < 1.29 is 24.6 Å². The Hall–Kier alpha value is -2.45. The molecule has 2 atom stereocenters. The highest BCUT2D eigenvalue weighted by molar-refractivity contribution is 5.87. The zero-order valence-electron chi connectivity index (χ0n) is 12.6. The van der Waals surface area contributed by atoms with Crippen molar-refractivity contribution in [3.05, 3.63) is 35.9 Å². The lowest BCUT2D eigenvalue weighted by Gasteiger charge is -2.29. The maximum Gasteiger partial charge on any atom is 0.358 e. The van der Waals surface area contributed by atoms with Crippen molar-refractivity contribution in [1.82, 2.24) is 5.32 Å². The van der Waals surface area contributed by atoms with Crippen molar-refractivity contribution in [2.75, 3.05) is 0 Å². The van der Waals surface area contributed by atoms with Crippen LogP contribution in [0.5, 0.6) is 0 Å². The van der Waals surface area contributed by atoms with Crippen LogP contribution in [0, 0.1) is 0 Å². The summed E-state index contributed by atoms with van der Waals surface area (Å²) in [5.41, 5.74) is 8.71. The van der Waals surface area contributed by atoms with Crippen molar-refractivity contribution in [3.63, 3.8) is 0 Å². The summed E-state index contributed by atoms with van der Waals surface area (Å²) in [5.74, 6) is -3.30. The molecule has 1 aromatic carbocycles. The summed E-state index contributed by atoms with van der Waals surface area (Å²) in [6, 6.07) is 7.91. The number of primary amides is 1. The monoisotopic (exact) mass is 323 g/mol. The van der Waals surface area contributed by atoms with Gasteiger partial charge in [-0.05, 0) is 18.4 Å². The number of carbonyl (C=O) groups is 3. The van der Waals surface area contributed by atoms with Gasteiger partial charge in [0.05, 0.1) is 6.04 Å². The minimum atomic E-state index is -2.74. The summed E-state index contributed by atoms with van der Waals surface area (Å²) in [6.45, 7) is 0. The predicted octanol–water partition coefficient (Wildman–Crippen LogP) is -0.899. The molecule has 0 aliphatic heterocycles. The molecule has 126 valence electrons. The van der Waals surface area contributed by atoms with E-state index >= 15 is 0 Å². The number of benzene rings is 1. The van der Waals surface area contributed by atoms with Crippen molar-refractivity contribution in [1.29, 1.82) is 0 Å². The fraction of sp³-hybridized carbons (Fsp3) is 0.400. The van der Waals surface area contributed by atoms with Gasteiger partial charge < -0.3 is 27.0 Å². The van der Waals surface area contributed by atoms with Gasteiger partial charge in [-0.15, -0.1) is 0 Å². The smallest absolute Gasteiger partial charge is 0.358 e. The predicted molar refractivity (Wildman–Crippen MR) is 81.9 cm³/mol. The summed E-state index contributed by atoms with van der Waals surface area (Å²) < 4.78 is 0. The van der Waals surface area contributed by atoms with Gasteiger partial charge in [0.1, 0.15) is 0 Å². The SMILES string of the molecule is NC(=O)C[C@@H](N)[C@@](O)(NC(=O)CCCc1ccccc1)C(=O)O. The number of nitrogens with two attached hydrogens (primary N) is 2. The van der Waals surface area contributed by atoms with Crippen molar-refractivity contribution in [2.24, 2.45) is 11.5 Å². The Bertz CT molecular complexity index is 563. The largest absolute Gasteiger partial charge is 0.478 e. The number of carboxylic acid groups (broad SMARTS) is 1. The second kappa shape index (κ2) is 8.25. The lowest BCUT2D eigenvalue weighted by atomic mass is 10.0. The minimum Gasteiger partial charge on any atom is -0.478 e. The van der Waals surface area contributed by atoms with Gasteiger partial charge in [0, 0.05) is 12.8 Å². The van der Waals surface area contributed by atoms with Crippen LogP contribution in [0.15, 0.2) is 30.3 Å². The lowest BCUT2D eigenvalue weighted by molar-refractivity contribution is -0.169. The third-order valence-electron chi connectivity index (χ3n) is 3.33. The van der Waals surface area contributed by atoms with Crippen LogP contribution in [-0.2, 0) is 20.8 Å². The van der Waals surface area contributed by atoms with Crippen LogP contribution in [-0.4, -0.2) is 39.8 Å². The Morgan fingerprint density at radius 3 is 2.35 bits per heavy atom. The number of aryl methyl sites for hydroxylation is 1. The van der Waals surface area contributed by atoms with E-state index in [9.17, 15) is 19.5 Å². The van der Waals surface area contributed by atoms with Crippen LogP contribution in [0.25, 0.3) is 0 Å². The minimum absolute atomic E-state index is 0.00771. The maximum atomic E-state index is 11.8. The molecule has 8 nitrogen and oxygen atoms in total. The molecular weight excluding hydrogens is 302 g/mol. The Balaban J connectivity index is 2.57. The maximum absolute atomic E-state index is 11.8. The van der Waals surface area contributed by atoms with E-state index in [-0.39, 0.29) is 6.42 Å². The number of carboxylic acids is 1. The first-order valence-corrected chi connectivity index (χ1v) is 7.10. The molecule has 0 aliphatic carbocycles. The summed E-state index contributed by atoms with van der Waals surface area (Å²) in [4.78, 5) is 33.8. The van der Waals surface area contributed by atoms with E-state index in [2.05, 4.69) is 0 Å². The number of aliphatic carboxylic acids is 1. The molecule has 0 aliphatic rings. The number of carbonyl (C=O) groups excluding carboxylic acids is 2. The van der Waals surface area contributed by atoms with E-state index in [1.54, 1.807) is 0 Å². The average molecular weight is 323 g/mol. The molecular formula is C15H21N3O5. The molecule has 0 aromatic heterocycles. The van der Waals surface area contributed by atoms with Crippen molar-refractivity contribution >= 4 is 17.8 Å². The zero-order valence-corrected chi connectivity index (χ0v) is 12.6. The standard InChI is InChI=1S/C15H21N3O5/c16-11(9-12(17)19)15(23,14(21)22)18-13(20)8-4-7-10-5-2-1-3-6-10/h1-3,5-6,11,23H,4,7-9,16H2,(H2,17,19)(H,18,20)(H,21,22)/t11-,15+/m1/s1. The molecule has 0 fully saturated rings. The number of aliphatic hydroxyl groups is 1. The third-order valence-corrected chi connectivity index (χ3v) is 3.33. The van der Waals surface area contributed by atoms with Crippen LogP contribution in [0.1, 0.15) is 24.8 Å². The molecule has 2 amide bonds. The highest BCUT2D eigenvalue weighted by Gasteiger charge is 2.44. The Morgan fingerprint density at radius 2 is 1.83 bits per heavy atom. The van der Waals surface area contributed by atoms with Gasteiger partial charge in [0.25, 0.3) is 5.72 Å². The topological polar surface area (TPSA) is 156 Å². The number of rotatable bonds is 9. The first-order chi connectivity index (χ1) is 10.8. The molecule has 0 bridgehead atoms. The molecule has 0 radical (unpaired) electrons. The molecule has 0 unspecified atom stereocenters. The highest BCUT2D eigenvalue weighted by atomic mass is 16.4. The second-order valence-electron chi connectivity index (χ2n) is 5.24. The fourth-order valence-electron chi connectivity index (χ4n) is 2.04. The van der Waals surface area contributed by atoms with Gasteiger partial charge in [-0.2, -0.15) is 0 Å². The Kier molecular flexibility index (Phi) is 6.67. The molecule has 0 spiro atoms. The average Bonchev–Trinajstić information content (AvgIpc) is 2.47. The van der Waals surface area contributed by atoms with Crippen molar-refractivity contribution in [2.45, 2.75) is 37.5 Å². The molecule has 8 heteroatoms. The molecule has 0 saturated heterocycles. The van der Waals surface area contributed by atoms with Crippen LogP contribution < -0.4 is 16.8 Å². The zero-order chi connectivity index (χ0) is 17.5. The van der Waals surface area contributed by atoms with Crippen LogP contribution in [0.4, 0.5) is 0 Å². The normalized spacial score (nSPS) is 14.5. The molecule has 0 saturated carbocycles. The quantitative estimate of drug-likeness (QED) is 0.371. The third kappa shape index (κ3) is 5.68. The van der Waals surface area contributed by atoms with Gasteiger partial charge in [-0.3, -0.25) is 9.59 Å². The van der Waals surface area contributed by atoms with Crippen LogP contribution in [0.3, 0.4) is 0 Å². The van der Waals surface area contributed by atoms with Gasteiger partial charge in [0.15, 0.2) is 0 Å². The first kappa shape index (κ1) is 18.6. The number of hydrogen-bond acceptors (Lipinski definition) is 5. The lowest BCUT2D eigenvalue weighted by Crippen LogP contribution is -2.65. The van der Waals surface area contributed by atoms with Gasteiger partial charge >= 0.3 is 5.97 Å². The second-order valence-corrected chi connectivity index (χ2v) is 5.24. The summed E-state index contributed by atoms with van der Waals surface area (Å²) in [5, 5.41) is 21.1. The highest BCUT2D eigenvalue weighted by Crippen LogP contribution is 2.11. The van der Waals surface area contributed by atoms with Crippen LogP contribution in [0.2, 0.25) is 0 Å². The molecule has 23 heavy (non-hydrogen) atoms. The molecule has 7 N–H and O–H groups in total. The first-order valence-electron chi connectivity index (χ1n) is 7.10. The van der Waals surface area contributed by atoms with E-state index in [0.717, 1.165) is 5.56 Å². The van der Waals surface area contributed by atoms with E-state index in [1.165, 1.54) is 0 Å². The van der Waals surface area contributed by atoms with E-state index in [1.807, 2.05) is 35.6 Å². The molecule has 1 rings (SSSR count). The number of amides is 2. The van der Waals surface area contributed by atoms with E-state index < -0.39 is 36.0 Å². The van der Waals surface area contributed by atoms with E-state index in [0.29, 0.717) is 12.8 Å². The van der Waals surface area contributed by atoms with Crippen molar-refractivity contribution in [3.8, 4) is 0 Å². The summed E-state index contributed by atoms with van der Waals surface area (Å²) in [7, 11) is 0. The van der Waals surface area contributed by atoms with Gasteiger partial charge in [0.2, 0.25) is 11.8 Å². The number of nitrogens with one attached hydrogen (secondary N) is 1. The van der Waals surface area contributed by atoms with Crippen LogP contribution >= 0.6 is 0 Å². The molecule has 1 aromatic rings. The van der Waals surface area contributed by atoms with Gasteiger partial charge in [-0.25, -0.2) is 4.79 Å². The molecule has 0 heterocycles. The Labute approximate surface area is 133 Å². The van der Waals surface area contributed by atoms with E-state index in [4.69, 9.17) is 16.6 Å². The fourth-order valence-corrected chi connectivity index (χ4v) is 2.04. The van der Waals surface area contributed by atoms with Gasteiger partial charge in [-0.1, -0.05) is 30.3 Å². The number of hydrogen-bond donors (Lipinski definition) is 5.